The molecule has 0 saturated carbocycles. The quantitative estimate of drug-likeness (QED) is 0.261. The fraction of sp³-hybridized carbons (Fsp3) is 0.235. The van der Waals surface area contributed by atoms with Crippen molar-refractivity contribution in [1.82, 2.24) is 0 Å². The summed E-state index contributed by atoms with van der Waals surface area (Å²) in [5.74, 6) is -1.90. The van der Waals surface area contributed by atoms with E-state index in [1.54, 1.807) is 36.4 Å². The number of para-hydroxylation sites is 2. The summed E-state index contributed by atoms with van der Waals surface area (Å²) in [6.45, 7) is 12.2. The Morgan fingerprint density at radius 3 is 0.975 bits per heavy atom. The van der Waals surface area contributed by atoms with E-state index in [0.717, 1.165) is 11.1 Å². The van der Waals surface area contributed by atoms with Gasteiger partial charge in [0.15, 0.2) is 0 Å². The zero-order valence-corrected chi connectivity index (χ0v) is 23.5. The Balaban J connectivity index is 1.55. The molecule has 2 heterocycles. The maximum absolute atomic E-state index is 14.0. The highest BCUT2D eigenvalue weighted by molar-refractivity contribution is 6.42. The molecule has 0 aliphatic carbocycles. The van der Waals surface area contributed by atoms with Gasteiger partial charge in [-0.05, 0) is 58.4 Å². The molecule has 0 saturated heterocycles. The molecule has 2 aliphatic heterocycles. The molecule has 4 aromatic rings. The lowest BCUT2D eigenvalue weighted by Gasteiger charge is -2.35. The molecule has 0 aromatic heterocycles. The van der Waals surface area contributed by atoms with Crippen LogP contribution in [-0.2, 0) is 10.8 Å². The summed E-state index contributed by atoms with van der Waals surface area (Å²) < 4.78 is 0. The molecule has 0 fully saturated rings. The molecule has 200 valence electrons. The van der Waals surface area contributed by atoms with Gasteiger partial charge in [0.2, 0.25) is 0 Å². The maximum atomic E-state index is 14.0. The number of carbonyl (C=O) groups is 4. The van der Waals surface area contributed by atoms with Gasteiger partial charge in [-0.2, -0.15) is 0 Å². The number of anilines is 2. The van der Waals surface area contributed by atoms with Crippen molar-refractivity contribution in [3.63, 3.8) is 0 Å². The minimum atomic E-state index is -0.474. The lowest BCUT2D eigenvalue weighted by Crippen LogP contribution is -2.44. The molecular formula is C34H30N2O4. The predicted octanol–water partition coefficient (Wildman–Crippen LogP) is 7.04. The number of hydrogen-bond donors (Lipinski definition) is 0. The summed E-state index contributed by atoms with van der Waals surface area (Å²) in [5.41, 5.74) is 3.34. The van der Waals surface area contributed by atoms with Crippen molar-refractivity contribution in [2.24, 2.45) is 0 Å². The Morgan fingerprint density at radius 2 is 0.700 bits per heavy atom. The molecule has 2 aliphatic rings. The molecule has 4 aromatic carbocycles. The Bertz CT molecular complexity index is 1600. The molecule has 6 rings (SSSR count). The molecule has 0 radical (unpaired) electrons. The van der Waals surface area contributed by atoms with Gasteiger partial charge in [0.1, 0.15) is 0 Å². The number of hydrogen-bond acceptors (Lipinski definition) is 4. The summed E-state index contributed by atoms with van der Waals surface area (Å²) >= 11 is 0. The number of carbonyl (C=O) groups excluding carboxylic acids is 4. The standard InChI is InChI=1S/C34H30N2O4/c1-33(2,3)23-11-7-9-13-25(23)35-29(37)19-15-17-21-28-22(18-16-20(27(19)28)30(35)38)32(40)36(31(21)39)26-14-10-8-12-24(26)34(4,5)6/h7-18H,1-6H3. The van der Waals surface area contributed by atoms with Crippen LogP contribution in [0.15, 0.2) is 72.8 Å². The minimum absolute atomic E-state index is 0.294. The highest BCUT2D eigenvalue weighted by Gasteiger charge is 2.42. The Hall–Kier alpha value is -4.58. The van der Waals surface area contributed by atoms with Gasteiger partial charge >= 0.3 is 0 Å². The molecule has 0 spiro atoms. The SMILES string of the molecule is CC(C)(C)c1ccccc1N1C(=O)c2ccc3c4c(ccc(c24)C1=O)C(=O)N(c1ccccc1C(C)(C)C)C3=O. The molecular weight excluding hydrogens is 500 g/mol. The topological polar surface area (TPSA) is 74.8 Å². The van der Waals surface area contributed by atoms with Crippen LogP contribution in [0.4, 0.5) is 11.4 Å². The third kappa shape index (κ3) is 3.55. The van der Waals surface area contributed by atoms with E-state index in [1.807, 2.05) is 77.9 Å². The largest absolute Gasteiger partial charge is 0.268 e. The van der Waals surface area contributed by atoms with Gasteiger partial charge in [0, 0.05) is 33.0 Å². The van der Waals surface area contributed by atoms with Crippen molar-refractivity contribution in [3.8, 4) is 0 Å². The second-order valence-electron chi connectivity index (χ2n) is 12.5. The van der Waals surface area contributed by atoms with Crippen LogP contribution in [0, 0.1) is 0 Å². The van der Waals surface area contributed by atoms with Crippen LogP contribution in [0.3, 0.4) is 0 Å². The molecule has 40 heavy (non-hydrogen) atoms. The lowest BCUT2D eigenvalue weighted by molar-refractivity contribution is 0.0872. The van der Waals surface area contributed by atoms with Crippen molar-refractivity contribution in [1.29, 1.82) is 0 Å². The predicted molar refractivity (Wildman–Crippen MR) is 157 cm³/mol. The second kappa shape index (κ2) is 8.46. The second-order valence-corrected chi connectivity index (χ2v) is 12.5. The summed E-state index contributed by atoms with van der Waals surface area (Å²) in [4.78, 5) is 58.2. The van der Waals surface area contributed by atoms with Crippen LogP contribution in [0.2, 0.25) is 0 Å². The highest BCUT2D eigenvalue weighted by Crippen LogP contribution is 2.43. The fourth-order valence-electron chi connectivity index (χ4n) is 5.92. The van der Waals surface area contributed by atoms with Crippen LogP contribution in [0.1, 0.15) is 94.1 Å². The van der Waals surface area contributed by atoms with E-state index in [4.69, 9.17) is 0 Å². The highest BCUT2D eigenvalue weighted by atomic mass is 16.2. The molecule has 0 unspecified atom stereocenters. The van der Waals surface area contributed by atoms with E-state index >= 15 is 0 Å². The zero-order valence-electron chi connectivity index (χ0n) is 23.5. The average molecular weight is 531 g/mol. The van der Waals surface area contributed by atoms with E-state index in [-0.39, 0.29) is 10.8 Å². The Morgan fingerprint density at radius 1 is 0.425 bits per heavy atom. The monoisotopic (exact) mass is 530 g/mol. The number of amides is 4. The van der Waals surface area contributed by atoms with Crippen LogP contribution in [0.25, 0.3) is 10.8 Å². The third-order valence-corrected chi connectivity index (χ3v) is 7.80. The van der Waals surface area contributed by atoms with E-state index in [1.165, 1.54) is 9.80 Å². The fourth-order valence-corrected chi connectivity index (χ4v) is 5.92. The first-order valence-electron chi connectivity index (χ1n) is 13.4. The summed E-state index contributed by atoms with van der Waals surface area (Å²) in [5, 5.41) is 0.722. The Kier molecular flexibility index (Phi) is 5.43. The maximum Gasteiger partial charge on any atom is 0.265 e. The van der Waals surface area contributed by atoms with Crippen LogP contribution >= 0.6 is 0 Å². The van der Waals surface area contributed by atoms with Gasteiger partial charge in [-0.1, -0.05) is 77.9 Å². The van der Waals surface area contributed by atoms with Gasteiger partial charge < -0.3 is 0 Å². The summed E-state index contributed by atoms with van der Waals surface area (Å²) in [6, 6.07) is 21.2. The number of nitrogens with zero attached hydrogens (tertiary/aromatic N) is 2. The lowest BCUT2D eigenvalue weighted by atomic mass is 9.82. The smallest absolute Gasteiger partial charge is 0.265 e. The van der Waals surface area contributed by atoms with Crippen molar-refractivity contribution < 1.29 is 19.2 Å². The van der Waals surface area contributed by atoms with Gasteiger partial charge in [0.25, 0.3) is 23.6 Å². The van der Waals surface area contributed by atoms with Gasteiger partial charge in [-0.25, -0.2) is 9.80 Å². The first-order chi connectivity index (χ1) is 18.8. The first-order valence-corrected chi connectivity index (χ1v) is 13.4. The van der Waals surface area contributed by atoms with Crippen LogP contribution in [0.5, 0.6) is 0 Å². The van der Waals surface area contributed by atoms with Gasteiger partial charge in [-0.3, -0.25) is 19.2 Å². The third-order valence-electron chi connectivity index (χ3n) is 7.80. The van der Waals surface area contributed by atoms with E-state index < -0.39 is 23.6 Å². The van der Waals surface area contributed by atoms with E-state index in [9.17, 15) is 19.2 Å². The van der Waals surface area contributed by atoms with Gasteiger partial charge in [-0.15, -0.1) is 0 Å². The van der Waals surface area contributed by atoms with Crippen molar-refractivity contribution >= 4 is 45.8 Å². The Labute approximate surface area is 233 Å². The normalized spacial score (nSPS) is 15.3. The molecule has 4 amide bonds. The summed E-state index contributed by atoms with van der Waals surface area (Å²) in [6.07, 6.45) is 0. The first kappa shape index (κ1) is 25.7. The zero-order chi connectivity index (χ0) is 28.7. The molecule has 0 bridgehead atoms. The number of benzene rings is 4. The van der Waals surface area contributed by atoms with E-state index in [2.05, 4.69) is 0 Å². The van der Waals surface area contributed by atoms with E-state index in [0.29, 0.717) is 44.4 Å². The van der Waals surface area contributed by atoms with Crippen LogP contribution < -0.4 is 9.80 Å². The van der Waals surface area contributed by atoms with Crippen molar-refractivity contribution in [3.05, 3.63) is 106 Å². The number of rotatable bonds is 2. The van der Waals surface area contributed by atoms with Crippen LogP contribution in [-0.4, -0.2) is 23.6 Å². The van der Waals surface area contributed by atoms with Gasteiger partial charge in [0.05, 0.1) is 11.4 Å². The van der Waals surface area contributed by atoms with Crippen molar-refractivity contribution in [2.45, 2.75) is 52.4 Å². The molecule has 6 nitrogen and oxygen atoms in total. The van der Waals surface area contributed by atoms with Crippen molar-refractivity contribution in [2.75, 3.05) is 9.80 Å². The minimum Gasteiger partial charge on any atom is -0.268 e. The molecule has 6 heteroatoms. The number of imide groups is 2. The molecule has 0 N–H and O–H groups in total. The summed E-state index contributed by atoms with van der Waals surface area (Å²) in [7, 11) is 0. The molecule has 0 atom stereocenters. The average Bonchev–Trinajstić information content (AvgIpc) is 2.90.